The molecule has 0 bridgehead atoms. The Balaban J connectivity index is 1.93. The third-order valence-corrected chi connectivity index (χ3v) is 3.97. The summed E-state index contributed by atoms with van der Waals surface area (Å²) in [6, 6.07) is 3.49. The van der Waals surface area contributed by atoms with Crippen LogP contribution in [-0.2, 0) is 0 Å². The van der Waals surface area contributed by atoms with Crippen LogP contribution in [0.4, 0.5) is 5.69 Å². The van der Waals surface area contributed by atoms with E-state index in [0.29, 0.717) is 29.6 Å². The Bertz CT molecular complexity index is 464. The number of anilines is 1. The minimum Gasteiger partial charge on any atom is -0.495 e. The molecule has 1 aromatic carbocycles. The summed E-state index contributed by atoms with van der Waals surface area (Å²) in [6.45, 7) is 3.30. The number of halogens is 1. The number of hydrogen-bond acceptors (Lipinski definition) is 5. The van der Waals surface area contributed by atoms with Crippen LogP contribution in [-0.4, -0.2) is 56.5 Å². The third-order valence-electron chi connectivity index (χ3n) is 3.67. The van der Waals surface area contributed by atoms with Crippen LogP contribution in [0.2, 0.25) is 5.02 Å². The minimum absolute atomic E-state index is 0.423. The van der Waals surface area contributed by atoms with Gasteiger partial charge in [0.15, 0.2) is 0 Å². The van der Waals surface area contributed by atoms with Crippen molar-refractivity contribution < 1.29 is 14.6 Å². The number of ether oxygens (including phenoxy) is 2. The monoisotopic (exact) mass is 314 g/mol. The Kier molecular flexibility index (Phi) is 5.96. The van der Waals surface area contributed by atoms with E-state index >= 15 is 0 Å². The lowest BCUT2D eigenvalue weighted by molar-refractivity contribution is 0.135. The topological polar surface area (TPSA) is 54.0 Å². The van der Waals surface area contributed by atoms with Gasteiger partial charge in [0.1, 0.15) is 11.5 Å². The number of β-amino-alcohol motifs (C(OH)–C–C–N with tert-alkyl or cyclic N) is 1. The van der Waals surface area contributed by atoms with Crippen LogP contribution in [0.1, 0.15) is 12.8 Å². The molecule has 1 saturated heterocycles. The third kappa shape index (κ3) is 4.40. The van der Waals surface area contributed by atoms with Crippen molar-refractivity contribution in [3.63, 3.8) is 0 Å². The average molecular weight is 315 g/mol. The summed E-state index contributed by atoms with van der Waals surface area (Å²) in [5.74, 6) is 1.21. The summed E-state index contributed by atoms with van der Waals surface area (Å²) in [5.41, 5.74) is 0.753. The molecule has 118 valence electrons. The van der Waals surface area contributed by atoms with Gasteiger partial charge >= 0.3 is 0 Å². The van der Waals surface area contributed by atoms with Crippen LogP contribution in [0.25, 0.3) is 0 Å². The van der Waals surface area contributed by atoms with Crippen molar-refractivity contribution in [1.29, 1.82) is 0 Å². The standard InChI is InChI=1S/C15H23ClN2O3/c1-20-14-8-15(21-2)13(7-12(14)16)17-9-11(19)10-18-5-3-4-6-18/h7-8,11,17,19H,3-6,9-10H2,1-2H3. The van der Waals surface area contributed by atoms with Crippen molar-refractivity contribution in [3.05, 3.63) is 17.2 Å². The van der Waals surface area contributed by atoms with Gasteiger partial charge in [0.25, 0.3) is 0 Å². The van der Waals surface area contributed by atoms with Gasteiger partial charge in [0, 0.05) is 19.2 Å². The molecule has 1 atom stereocenters. The number of methoxy groups -OCH3 is 2. The molecule has 21 heavy (non-hydrogen) atoms. The Morgan fingerprint density at radius 1 is 1.24 bits per heavy atom. The van der Waals surface area contributed by atoms with Crippen LogP contribution in [0.3, 0.4) is 0 Å². The van der Waals surface area contributed by atoms with Gasteiger partial charge in [-0.15, -0.1) is 0 Å². The van der Waals surface area contributed by atoms with E-state index in [1.54, 1.807) is 26.4 Å². The summed E-state index contributed by atoms with van der Waals surface area (Å²) in [5, 5.41) is 13.8. The van der Waals surface area contributed by atoms with Crippen LogP contribution in [0.5, 0.6) is 11.5 Å². The summed E-state index contributed by atoms with van der Waals surface area (Å²) >= 11 is 6.12. The molecule has 1 aromatic rings. The Hall–Kier alpha value is -1.17. The maximum absolute atomic E-state index is 10.1. The lowest BCUT2D eigenvalue weighted by Crippen LogP contribution is -2.34. The number of likely N-dealkylation sites (tertiary alicyclic amines) is 1. The van der Waals surface area contributed by atoms with E-state index in [0.717, 1.165) is 18.8 Å². The van der Waals surface area contributed by atoms with Gasteiger partial charge in [0.05, 0.1) is 31.0 Å². The van der Waals surface area contributed by atoms with E-state index in [-0.39, 0.29) is 0 Å². The van der Waals surface area contributed by atoms with Gasteiger partial charge in [-0.1, -0.05) is 11.6 Å². The molecule has 0 aromatic heterocycles. The van der Waals surface area contributed by atoms with Gasteiger partial charge in [-0.05, 0) is 32.0 Å². The fourth-order valence-electron chi connectivity index (χ4n) is 2.55. The zero-order valence-electron chi connectivity index (χ0n) is 12.6. The van der Waals surface area contributed by atoms with Crippen LogP contribution >= 0.6 is 11.6 Å². The van der Waals surface area contributed by atoms with Crippen molar-refractivity contribution in [3.8, 4) is 11.5 Å². The molecule has 2 N–H and O–H groups in total. The molecule has 0 saturated carbocycles. The SMILES string of the molecule is COc1cc(OC)c(NCC(O)CN2CCCC2)cc1Cl. The second-order valence-corrected chi connectivity index (χ2v) is 5.64. The zero-order valence-corrected chi connectivity index (χ0v) is 13.3. The smallest absolute Gasteiger partial charge is 0.145 e. The fourth-order valence-corrected chi connectivity index (χ4v) is 2.79. The first-order chi connectivity index (χ1) is 10.1. The Morgan fingerprint density at radius 3 is 2.52 bits per heavy atom. The van der Waals surface area contributed by atoms with Gasteiger partial charge in [-0.2, -0.15) is 0 Å². The van der Waals surface area contributed by atoms with E-state index in [1.165, 1.54) is 12.8 Å². The fraction of sp³-hybridized carbons (Fsp3) is 0.600. The number of hydrogen-bond donors (Lipinski definition) is 2. The first-order valence-electron chi connectivity index (χ1n) is 7.20. The maximum Gasteiger partial charge on any atom is 0.145 e. The largest absolute Gasteiger partial charge is 0.495 e. The number of aliphatic hydroxyl groups is 1. The number of benzene rings is 1. The van der Waals surface area contributed by atoms with Gasteiger partial charge in [-0.25, -0.2) is 0 Å². The summed E-state index contributed by atoms with van der Waals surface area (Å²) in [6.07, 6.45) is 2.03. The molecular weight excluding hydrogens is 292 g/mol. The molecule has 5 nitrogen and oxygen atoms in total. The second-order valence-electron chi connectivity index (χ2n) is 5.23. The molecule has 6 heteroatoms. The molecular formula is C15H23ClN2O3. The Morgan fingerprint density at radius 2 is 1.90 bits per heavy atom. The quantitative estimate of drug-likeness (QED) is 0.808. The maximum atomic E-state index is 10.1. The van der Waals surface area contributed by atoms with Gasteiger partial charge in [0.2, 0.25) is 0 Å². The van der Waals surface area contributed by atoms with Gasteiger partial charge in [-0.3, -0.25) is 0 Å². The summed E-state index contributed by atoms with van der Waals surface area (Å²) < 4.78 is 10.5. The lowest BCUT2D eigenvalue weighted by atomic mass is 10.2. The molecule has 1 unspecified atom stereocenters. The van der Waals surface area contributed by atoms with E-state index in [4.69, 9.17) is 21.1 Å². The normalized spacial score (nSPS) is 16.8. The van der Waals surface area contributed by atoms with Crippen molar-refractivity contribution in [1.82, 2.24) is 4.90 Å². The van der Waals surface area contributed by atoms with Crippen molar-refractivity contribution in [2.75, 3.05) is 45.7 Å². The van der Waals surface area contributed by atoms with Gasteiger partial charge < -0.3 is 24.8 Å². The molecule has 0 amide bonds. The second kappa shape index (κ2) is 7.73. The lowest BCUT2D eigenvalue weighted by Gasteiger charge is -2.21. The molecule has 2 rings (SSSR count). The molecule has 0 spiro atoms. The number of rotatable bonds is 7. The first kappa shape index (κ1) is 16.2. The number of aliphatic hydroxyl groups excluding tert-OH is 1. The van der Waals surface area contributed by atoms with Crippen LogP contribution < -0.4 is 14.8 Å². The van der Waals surface area contributed by atoms with Crippen LogP contribution in [0.15, 0.2) is 12.1 Å². The summed E-state index contributed by atoms with van der Waals surface area (Å²) in [7, 11) is 3.15. The molecule has 1 aliphatic heterocycles. The molecule has 1 heterocycles. The summed E-state index contributed by atoms with van der Waals surface area (Å²) in [4.78, 5) is 2.28. The molecule has 1 aliphatic rings. The minimum atomic E-state index is -0.423. The number of nitrogens with zero attached hydrogens (tertiary/aromatic N) is 1. The highest BCUT2D eigenvalue weighted by Gasteiger charge is 2.16. The van der Waals surface area contributed by atoms with E-state index in [2.05, 4.69) is 10.2 Å². The highest BCUT2D eigenvalue weighted by molar-refractivity contribution is 6.32. The van der Waals surface area contributed by atoms with E-state index in [1.807, 2.05) is 0 Å². The average Bonchev–Trinajstić information content (AvgIpc) is 2.98. The molecule has 1 fully saturated rings. The van der Waals surface area contributed by atoms with E-state index < -0.39 is 6.10 Å². The van der Waals surface area contributed by atoms with Crippen molar-refractivity contribution in [2.45, 2.75) is 18.9 Å². The highest BCUT2D eigenvalue weighted by atomic mass is 35.5. The van der Waals surface area contributed by atoms with Crippen LogP contribution in [0, 0.1) is 0 Å². The molecule has 0 radical (unpaired) electrons. The molecule has 0 aliphatic carbocycles. The van der Waals surface area contributed by atoms with Crippen molar-refractivity contribution in [2.24, 2.45) is 0 Å². The first-order valence-corrected chi connectivity index (χ1v) is 7.57. The predicted octanol–water partition coefficient (Wildman–Crippen LogP) is 2.23. The Labute approximate surface area is 130 Å². The van der Waals surface area contributed by atoms with Crippen molar-refractivity contribution >= 4 is 17.3 Å². The number of nitrogens with one attached hydrogen (secondary N) is 1. The van der Waals surface area contributed by atoms with E-state index in [9.17, 15) is 5.11 Å². The highest BCUT2D eigenvalue weighted by Crippen LogP contribution is 2.35. The zero-order chi connectivity index (χ0) is 15.2. The predicted molar refractivity (Wildman–Crippen MR) is 84.7 cm³/mol.